The molecule has 0 bridgehead atoms. The number of anilines is 2. The van der Waals surface area contributed by atoms with Gasteiger partial charge in [0, 0.05) is 37.6 Å². The highest BCUT2D eigenvalue weighted by atomic mass is 32.2. The average Bonchev–Trinajstić information content (AvgIpc) is 2.64. The van der Waals surface area contributed by atoms with Crippen LogP contribution in [0.25, 0.3) is 0 Å². The molecule has 3 rings (SSSR count). The summed E-state index contributed by atoms with van der Waals surface area (Å²) in [5, 5.41) is 0. The van der Waals surface area contributed by atoms with E-state index in [0.717, 1.165) is 50.3 Å². The Balaban J connectivity index is 1.67. The van der Waals surface area contributed by atoms with E-state index in [9.17, 15) is 8.42 Å². The summed E-state index contributed by atoms with van der Waals surface area (Å²) in [4.78, 5) is 4.93. The van der Waals surface area contributed by atoms with Gasteiger partial charge >= 0.3 is 0 Å². The number of aryl methyl sites for hydroxylation is 1. The molecule has 0 saturated carbocycles. The van der Waals surface area contributed by atoms with Gasteiger partial charge in [-0.25, -0.2) is 8.42 Å². The molecule has 1 saturated heterocycles. The van der Waals surface area contributed by atoms with Crippen LogP contribution in [0.4, 0.5) is 11.4 Å². The summed E-state index contributed by atoms with van der Waals surface area (Å²) in [6.45, 7) is 6.18. The third-order valence-electron chi connectivity index (χ3n) is 4.76. The summed E-state index contributed by atoms with van der Waals surface area (Å²) >= 11 is 0. The first-order chi connectivity index (χ1) is 12.5. The summed E-state index contributed by atoms with van der Waals surface area (Å²) in [5.74, 6) is 0. The van der Waals surface area contributed by atoms with Gasteiger partial charge < -0.3 is 9.80 Å². The third kappa shape index (κ3) is 4.56. The molecule has 1 fully saturated rings. The number of benzene rings is 2. The van der Waals surface area contributed by atoms with Gasteiger partial charge in [-0.05, 0) is 55.4 Å². The summed E-state index contributed by atoms with van der Waals surface area (Å²) in [6, 6.07) is 14.7. The fourth-order valence-corrected chi connectivity index (χ4v) is 4.20. The van der Waals surface area contributed by atoms with Crippen molar-refractivity contribution in [1.82, 2.24) is 4.90 Å². The number of nitrogens with one attached hydrogen (secondary N) is 1. The van der Waals surface area contributed by atoms with E-state index < -0.39 is 10.0 Å². The number of sulfonamides is 1. The van der Waals surface area contributed by atoms with Crippen LogP contribution >= 0.6 is 0 Å². The molecule has 0 aliphatic carbocycles. The van der Waals surface area contributed by atoms with E-state index in [-0.39, 0.29) is 0 Å². The molecule has 0 spiro atoms. The Bertz CT molecular complexity index is 809. The second kappa shape index (κ2) is 8.10. The molecule has 0 unspecified atom stereocenters. The van der Waals surface area contributed by atoms with E-state index in [4.69, 9.17) is 0 Å². The maximum atomic E-state index is 12.6. The van der Waals surface area contributed by atoms with Crippen molar-refractivity contribution in [3.8, 4) is 0 Å². The topological polar surface area (TPSA) is 52.7 Å². The molecule has 5 nitrogen and oxygen atoms in total. The predicted molar refractivity (Wildman–Crippen MR) is 107 cm³/mol. The Hall–Kier alpha value is -2.05. The molecule has 2 aromatic rings. The predicted octanol–water partition coefficient (Wildman–Crippen LogP) is 3.19. The van der Waals surface area contributed by atoms with Crippen LogP contribution in [0.15, 0.2) is 53.4 Å². The Morgan fingerprint density at radius 1 is 0.923 bits per heavy atom. The smallest absolute Gasteiger partial charge is 0.261 e. The van der Waals surface area contributed by atoms with E-state index in [1.54, 1.807) is 12.1 Å². The highest BCUT2D eigenvalue weighted by Crippen LogP contribution is 2.22. The van der Waals surface area contributed by atoms with Gasteiger partial charge in [-0.1, -0.05) is 25.5 Å². The Labute approximate surface area is 156 Å². The molecule has 1 heterocycles. The van der Waals surface area contributed by atoms with Crippen molar-refractivity contribution in [2.45, 2.75) is 24.7 Å². The Morgan fingerprint density at radius 2 is 1.54 bits per heavy atom. The van der Waals surface area contributed by atoms with Crippen molar-refractivity contribution in [2.24, 2.45) is 0 Å². The van der Waals surface area contributed by atoms with Crippen LogP contribution < -0.4 is 9.62 Å². The number of likely N-dealkylation sites (N-methyl/N-ethyl adjacent to an activating group) is 1. The second-order valence-corrected chi connectivity index (χ2v) is 8.52. The lowest BCUT2D eigenvalue weighted by Gasteiger charge is -2.34. The van der Waals surface area contributed by atoms with Gasteiger partial charge in [0.05, 0.1) is 4.90 Å². The summed E-state index contributed by atoms with van der Waals surface area (Å²) in [5.41, 5.74) is 2.87. The van der Waals surface area contributed by atoms with Crippen LogP contribution in [0, 0.1) is 0 Å². The van der Waals surface area contributed by atoms with Gasteiger partial charge in [0.2, 0.25) is 0 Å². The van der Waals surface area contributed by atoms with Gasteiger partial charge in [-0.2, -0.15) is 0 Å². The number of rotatable bonds is 6. The monoisotopic (exact) mass is 373 g/mol. The molecule has 140 valence electrons. The number of nitrogens with zero attached hydrogens (tertiary/aromatic N) is 2. The average molecular weight is 374 g/mol. The molecule has 0 amide bonds. The van der Waals surface area contributed by atoms with E-state index in [1.165, 1.54) is 0 Å². The van der Waals surface area contributed by atoms with Crippen molar-refractivity contribution < 1.29 is 8.42 Å². The molecular formula is C20H27N3O2S. The fraction of sp³-hybridized carbons (Fsp3) is 0.400. The Morgan fingerprint density at radius 3 is 2.12 bits per heavy atom. The quantitative estimate of drug-likeness (QED) is 0.845. The van der Waals surface area contributed by atoms with Gasteiger partial charge in [0.1, 0.15) is 0 Å². The van der Waals surface area contributed by atoms with Crippen molar-refractivity contribution in [3.05, 3.63) is 54.1 Å². The summed E-state index contributed by atoms with van der Waals surface area (Å²) in [6.07, 6.45) is 2.01. The second-order valence-electron chi connectivity index (χ2n) is 6.84. The van der Waals surface area contributed by atoms with Crippen LogP contribution in [-0.4, -0.2) is 46.5 Å². The standard InChI is InChI=1S/C20H27N3O2S/c1-3-4-17-5-11-20(12-6-17)26(24,25)21-18-7-9-19(10-8-18)23-15-13-22(2)14-16-23/h5-12,21H,3-4,13-16H2,1-2H3. The van der Waals surface area contributed by atoms with Crippen LogP contribution in [0.2, 0.25) is 0 Å². The lowest BCUT2D eigenvalue weighted by molar-refractivity contribution is 0.313. The summed E-state index contributed by atoms with van der Waals surface area (Å²) in [7, 11) is -1.43. The first-order valence-corrected chi connectivity index (χ1v) is 10.6. The summed E-state index contributed by atoms with van der Waals surface area (Å²) < 4.78 is 27.8. The highest BCUT2D eigenvalue weighted by molar-refractivity contribution is 7.92. The lowest BCUT2D eigenvalue weighted by atomic mass is 10.1. The molecular weight excluding hydrogens is 346 g/mol. The molecule has 1 aliphatic heterocycles. The van der Waals surface area contributed by atoms with Crippen molar-refractivity contribution in [3.63, 3.8) is 0 Å². The van der Waals surface area contributed by atoms with Gasteiger partial charge in [-0.15, -0.1) is 0 Å². The number of hydrogen-bond acceptors (Lipinski definition) is 4. The zero-order valence-corrected chi connectivity index (χ0v) is 16.3. The molecule has 1 N–H and O–H groups in total. The van der Waals surface area contributed by atoms with E-state index in [1.807, 2.05) is 36.4 Å². The minimum Gasteiger partial charge on any atom is -0.369 e. The number of hydrogen-bond donors (Lipinski definition) is 1. The maximum Gasteiger partial charge on any atom is 0.261 e. The van der Waals surface area contributed by atoms with E-state index >= 15 is 0 Å². The molecule has 1 aliphatic rings. The zero-order valence-electron chi connectivity index (χ0n) is 15.5. The Kier molecular flexibility index (Phi) is 5.84. The molecule has 0 aromatic heterocycles. The minimum atomic E-state index is -3.56. The van der Waals surface area contributed by atoms with E-state index in [0.29, 0.717) is 10.6 Å². The maximum absolute atomic E-state index is 12.6. The first kappa shape index (κ1) is 18.7. The normalized spacial score (nSPS) is 15.8. The van der Waals surface area contributed by atoms with Crippen LogP contribution in [0.3, 0.4) is 0 Å². The molecule has 0 atom stereocenters. The highest BCUT2D eigenvalue weighted by Gasteiger charge is 2.16. The van der Waals surface area contributed by atoms with Crippen LogP contribution in [0.1, 0.15) is 18.9 Å². The van der Waals surface area contributed by atoms with Crippen LogP contribution in [0.5, 0.6) is 0 Å². The van der Waals surface area contributed by atoms with E-state index in [2.05, 4.69) is 28.5 Å². The minimum absolute atomic E-state index is 0.292. The largest absolute Gasteiger partial charge is 0.369 e. The van der Waals surface area contributed by atoms with Gasteiger partial charge in [0.15, 0.2) is 0 Å². The SMILES string of the molecule is CCCc1ccc(S(=O)(=O)Nc2ccc(N3CCN(C)CC3)cc2)cc1. The molecule has 26 heavy (non-hydrogen) atoms. The van der Waals surface area contributed by atoms with Crippen molar-refractivity contribution in [2.75, 3.05) is 42.8 Å². The van der Waals surface area contributed by atoms with Gasteiger partial charge in [0.25, 0.3) is 10.0 Å². The van der Waals surface area contributed by atoms with Crippen molar-refractivity contribution >= 4 is 21.4 Å². The molecule has 0 radical (unpaired) electrons. The lowest BCUT2D eigenvalue weighted by Crippen LogP contribution is -2.44. The zero-order chi connectivity index (χ0) is 18.6. The third-order valence-corrected chi connectivity index (χ3v) is 6.16. The first-order valence-electron chi connectivity index (χ1n) is 9.13. The van der Waals surface area contributed by atoms with Crippen molar-refractivity contribution in [1.29, 1.82) is 0 Å². The molecule has 2 aromatic carbocycles. The van der Waals surface area contributed by atoms with Crippen LogP contribution in [-0.2, 0) is 16.4 Å². The van der Waals surface area contributed by atoms with Gasteiger partial charge in [-0.3, -0.25) is 4.72 Å². The fourth-order valence-electron chi connectivity index (χ4n) is 3.14. The molecule has 6 heteroatoms. The number of piperazine rings is 1.